The molecule has 0 saturated heterocycles. The molecule has 0 unspecified atom stereocenters. The minimum absolute atomic E-state index is 0.648. The highest BCUT2D eigenvalue weighted by atomic mass is 16.3. The second kappa shape index (κ2) is 9.62. The molecule has 0 aliphatic rings. The van der Waals surface area contributed by atoms with Crippen LogP contribution in [-0.2, 0) is 0 Å². The number of para-hydroxylation sites is 3. The molecule has 4 heteroatoms. The number of hydrogen-bond donors (Lipinski definition) is 0. The Bertz CT molecular complexity index is 2810. The molecule has 7 aromatic carbocycles. The molecule has 46 heavy (non-hydrogen) atoms. The lowest BCUT2D eigenvalue weighted by Gasteiger charge is -2.13. The van der Waals surface area contributed by atoms with Crippen LogP contribution in [0.5, 0.6) is 0 Å². The Morgan fingerprint density at radius 2 is 1.22 bits per heavy atom. The summed E-state index contributed by atoms with van der Waals surface area (Å²) >= 11 is 0. The van der Waals surface area contributed by atoms with Crippen LogP contribution in [0.4, 0.5) is 0 Å². The quantitative estimate of drug-likeness (QED) is 0.207. The van der Waals surface area contributed by atoms with Gasteiger partial charge in [-0.05, 0) is 46.7 Å². The van der Waals surface area contributed by atoms with Crippen LogP contribution in [0.3, 0.4) is 0 Å². The first-order valence-electron chi connectivity index (χ1n) is 15.5. The van der Waals surface area contributed by atoms with Crippen molar-refractivity contribution in [1.29, 1.82) is 0 Å². The summed E-state index contributed by atoms with van der Waals surface area (Å²) in [5, 5.41) is 8.02. The molecular weight excluding hydrogens is 562 g/mol. The van der Waals surface area contributed by atoms with Crippen LogP contribution in [0, 0.1) is 0 Å². The maximum absolute atomic E-state index is 6.19. The third-order valence-corrected chi connectivity index (χ3v) is 9.20. The molecule has 3 heterocycles. The van der Waals surface area contributed by atoms with E-state index in [1.54, 1.807) is 0 Å². The normalized spacial score (nSPS) is 11.9. The summed E-state index contributed by atoms with van der Waals surface area (Å²) in [5.41, 5.74) is 9.05. The highest BCUT2D eigenvalue weighted by molar-refractivity contribution is 6.23. The van der Waals surface area contributed by atoms with Crippen LogP contribution in [0.2, 0.25) is 0 Å². The van der Waals surface area contributed by atoms with Gasteiger partial charge in [0, 0.05) is 38.1 Å². The van der Waals surface area contributed by atoms with Crippen LogP contribution in [0.25, 0.3) is 93.8 Å². The van der Waals surface area contributed by atoms with E-state index in [0.717, 1.165) is 66.3 Å². The Labute approximate surface area is 263 Å². The first-order chi connectivity index (χ1) is 22.8. The number of benzene rings is 7. The van der Waals surface area contributed by atoms with Crippen molar-refractivity contribution >= 4 is 65.4 Å². The van der Waals surface area contributed by atoms with E-state index in [0.29, 0.717) is 5.95 Å². The summed E-state index contributed by atoms with van der Waals surface area (Å²) in [6, 6.07) is 53.1. The molecule has 0 atom stereocenters. The fraction of sp³-hybridized carbons (Fsp3) is 0. The van der Waals surface area contributed by atoms with Gasteiger partial charge in [0.25, 0.3) is 0 Å². The summed E-state index contributed by atoms with van der Waals surface area (Å²) in [6.45, 7) is 0. The molecule has 0 amide bonds. The van der Waals surface area contributed by atoms with Crippen molar-refractivity contribution in [3.8, 4) is 28.3 Å². The molecule has 214 valence electrons. The largest absolute Gasteiger partial charge is 0.456 e. The average molecular weight is 588 g/mol. The summed E-state index contributed by atoms with van der Waals surface area (Å²) in [6.07, 6.45) is 0. The van der Waals surface area contributed by atoms with Gasteiger partial charge in [-0.15, -0.1) is 0 Å². The van der Waals surface area contributed by atoms with Crippen molar-refractivity contribution in [2.75, 3.05) is 0 Å². The minimum atomic E-state index is 0.648. The van der Waals surface area contributed by atoms with E-state index < -0.39 is 0 Å². The molecule has 0 saturated carbocycles. The zero-order valence-corrected chi connectivity index (χ0v) is 24.7. The van der Waals surface area contributed by atoms with E-state index in [9.17, 15) is 0 Å². The Kier molecular flexibility index (Phi) is 5.25. The van der Waals surface area contributed by atoms with E-state index in [1.807, 2.05) is 24.3 Å². The number of furan rings is 1. The van der Waals surface area contributed by atoms with E-state index in [2.05, 4.69) is 132 Å². The second-order valence-electron chi connectivity index (χ2n) is 11.8. The van der Waals surface area contributed by atoms with Crippen molar-refractivity contribution in [1.82, 2.24) is 14.5 Å². The van der Waals surface area contributed by atoms with Gasteiger partial charge in [0.1, 0.15) is 11.2 Å². The lowest BCUT2D eigenvalue weighted by atomic mass is 9.98. The third-order valence-electron chi connectivity index (χ3n) is 9.20. The summed E-state index contributed by atoms with van der Waals surface area (Å²) in [4.78, 5) is 10.6. The fourth-order valence-corrected chi connectivity index (χ4v) is 7.15. The Morgan fingerprint density at radius 3 is 2.13 bits per heavy atom. The van der Waals surface area contributed by atoms with Gasteiger partial charge in [0.05, 0.1) is 22.2 Å². The molecule has 4 nitrogen and oxygen atoms in total. The Balaban J connectivity index is 1.36. The molecule has 10 aromatic rings. The number of fused-ring (bicyclic) bond motifs is 9. The average Bonchev–Trinajstić information content (AvgIpc) is 3.67. The minimum Gasteiger partial charge on any atom is -0.456 e. The highest BCUT2D eigenvalue weighted by Crippen LogP contribution is 2.42. The van der Waals surface area contributed by atoms with E-state index in [4.69, 9.17) is 14.4 Å². The van der Waals surface area contributed by atoms with E-state index >= 15 is 0 Å². The molecule has 0 aliphatic heterocycles. The molecular formula is C42H25N3O. The van der Waals surface area contributed by atoms with Crippen molar-refractivity contribution in [2.24, 2.45) is 0 Å². The van der Waals surface area contributed by atoms with Crippen molar-refractivity contribution in [3.05, 3.63) is 152 Å². The monoisotopic (exact) mass is 587 g/mol. The van der Waals surface area contributed by atoms with Crippen LogP contribution >= 0.6 is 0 Å². The van der Waals surface area contributed by atoms with Crippen LogP contribution in [0.1, 0.15) is 0 Å². The molecule has 0 aliphatic carbocycles. The highest BCUT2D eigenvalue weighted by Gasteiger charge is 2.22. The van der Waals surface area contributed by atoms with Gasteiger partial charge in [0.2, 0.25) is 5.95 Å². The van der Waals surface area contributed by atoms with Gasteiger partial charge in [-0.25, -0.2) is 9.97 Å². The number of aromatic nitrogens is 3. The molecule has 10 rings (SSSR count). The lowest BCUT2D eigenvalue weighted by molar-refractivity contribution is 0.669. The van der Waals surface area contributed by atoms with Crippen LogP contribution < -0.4 is 0 Å². The molecule has 0 radical (unpaired) electrons. The zero-order valence-electron chi connectivity index (χ0n) is 24.7. The first-order valence-corrected chi connectivity index (χ1v) is 15.5. The molecule has 3 aromatic heterocycles. The molecule has 0 fully saturated rings. The smallest absolute Gasteiger partial charge is 0.235 e. The SMILES string of the molecule is c1ccc(-c2nc(-n3c4ccc5ccccc5c4c4cccc(-c5ccc6oc7ccccc7c6c5)c43)nc3ccccc23)cc1. The van der Waals surface area contributed by atoms with Gasteiger partial charge >= 0.3 is 0 Å². The summed E-state index contributed by atoms with van der Waals surface area (Å²) < 4.78 is 8.46. The van der Waals surface area contributed by atoms with Crippen LogP contribution in [0.15, 0.2) is 156 Å². The van der Waals surface area contributed by atoms with Gasteiger partial charge in [-0.3, -0.25) is 4.57 Å². The Hall–Kier alpha value is -6.26. The lowest BCUT2D eigenvalue weighted by Crippen LogP contribution is -2.04. The fourth-order valence-electron chi connectivity index (χ4n) is 7.15. The van der Waals surface area contributed by atoms with Gasteiger partial charge < -0.3 is 4.42 Å². The summed E-state index contributed by atoms with van der Waals surface area (Å²) in [5.74, 6) is 0.648. The molecule has 0 spiro atoms. The maximum Gasteiger partial charge on any atom is 0.235 e. The van der Waals surface area contributed by atoms with E-state index in [1.165, 1.54) is 21.5 Å². The van der Waals surface area contributed by atoms with Gasteiger partial charge in [0.15, 0.2) is 0 Å². The van der Waals surface area contributed by atoms with Gasteiger partial charge in [-0.1, -0.05) is 121 Å². The van der Waals surface area contributed by atoms with Crippen LogP contribution in [-0.4, -0.2) is 14.5 Å². The standard InChI is InChI=1S/C42H25N3O/c1-2-12-27(13-3-1)40-32-16-6-8-19-35(32)43-42(44-40)45-36-23-21-26-11-4-5-14-29(26)39(36)33-18-10-17-30(41(33)45)28-22-24-38-34(25-28)31-15-7-9-20-37(31)46-38/h1-25H. The second-order valence-corrected chi connectivity index (χ2v) is 11.8. The number of nitrogens with zero attached hydrogens (tertiary/aromatic N) is 3. The van der Waals surface area contributed by atoms with Crippen molar-refractivity contribution < 1.29 is 4.42 Å². The topological polar surface area (TPSA) is 43.9 Å². The van der Waals surface area contributed by atoms with Crippen molar-refractivity contribution in [3.63, 3.8) is 0 Å². The third kappa shape index (κ3) is 3.61. The zero-order chi connectivity index (χ0) is 30.2. The summed E-state index contributed by atoms with van der Waals surface area (Å²) in [7, 11) is 0. The van der Waals surface area contributed by atoms with E-state index in [-0.39, 0.29) is 0 Å². The molecule has 0 N–H and O–H groups in total. The first kappa shape index (κ1) is 25.1. The Morgan fingerprint density at radius 1 is 0.478 bits per heavy atom. The van der Waals surface area contributed by atoms with Crippen molar-refractivity contribution in [2.45, 2.75) is 0 Å². The number of rotatable bonds is 3. The van der Waals surface area contributed by atoms with Gasteiger partial charge in [-0.2, -0.15) is 0 Å². The molecule has 0 bridgehead atoms. The number of hydrogen-bond acceptors (Lipinski definition) is 3. The maximum atomic E-state index is 6.19. The predicted molar refractivity (Wildman–Crippen MR) is 190 cm³/mol. The predicted octanol–water partition coefficient (Wildman–Crippen LogP) is 11.1.